The third kappa shape index (κ3) is 9.24. The zero-order valence-corrected chi connectivity index (χ0v) is 33.0. The first-order valence-electron chi connectivity index (χ1n) is 19.0. The quantitative estimate of drug-likeness (QED) is 0.130. The molecule has 2 nitrogen and oxygen atoms in total. The van der Waals surface area contributed by atoms with Crippen LogP contribution in [-0.2, 0) is 0 Å². The summed E-state index contributed by atoms with van der Waals surface area (Å²) in [6, 6.07) is 61.9. The third-order valence-corrected chi connectivity index (χ3v) is 9.64. The number of anilines is 5. The highest BCUT2D eigenvalue weighted by Crippen LogP contribution is 2.36. The number of hydrogen-bond donors (Lipinski definition) is 0. The molecule has 0 spiro atoms. The molecule has 7 rings (SSSR count). The Balaban J connectivity index is 0.000000225. The molecule has 0 bridgehead atoms. The zero-order chi connectivity index (χ0) is 39.4. The topological polar surface area (TPSA) is 6.48 Å². The van der Waals surface area contributed by atoms with Crippen molar-refractivity contribution >= 4 is 40.6 Å². The number of hydrogen-bond acceptors (Lipinski definition) is 2. The van der Waals surface area contributed by atoms with E-state index in [0.29, 0.717) is 0 Å². The van der Waals surface area contributed by atoms with Crippen LogP contribution in [0.15, 0.2) is 213 Å². The van der Waals surface area contributed by atoms with Crippen LogP contribution in [0.25, 0.3) is 12.2 Å². The van der Waals surface area contributed by atoms with Gasteiger partial charge in [0.05, 0.1) is 0 Å². The Kier molecular flexibility index (Phi) is 12.8. The number of rotatable bonds is 10. The minimum atomic E-state index is 0.997. The standard InChI is InChI=1S/C35H31N.C19H19N/c1-25-19-21-33(28(4)22-25)35(34-23-26(2)18-20-27(34)3)29-12-11-17-32(24-29)36(30-13-7-5-8-14-30)31-15-9-6-10-16-31;1-4-10-17(5-2)20(18-12-7-6-8-13-18)19-14-9-11-16(3)15-19/h5-24H,4H2,1-3H3;4-15H,1-2H2,3H3/b35-33-;17-10+. The molecule has 0 saturated heterocycles. The molecule has 0 atom stereocenters. The van der Waals surface area contributed by atoms with Gasteiger partial charge in [-0.2, -0.15) is 0 Å². The van der Waals surface area contributed by atoms with Gasteiger partial charge < -0.3 is 9.80 Å². The van der Waals surface area contributed by atoms with Crippen molar-refractivity contribution in [1.29, 1.82) is 0 Å². The molecule has 56 heavy (non-hydrogen) atoms. The summed E-state index contributed by atoms with van der Waals surface area (Å²) >= 11 is 0. The summed E-state index contributed by atoms with van der Waals surface area (Å²) in [4.78, 5) is 4.48. The van der Waals surface area contributed by atoms with Crippen LogP contribution in [0.3, 0.4) is 0 Å². The Hall–Kier alpha value is -6.90. The minimum absolute atomic E-state index is 0.997. The molecule has 0 aliphatic rings. The van der Waals surface area contributed by atoms with E-state index >= 15 is 0 Å². The molecule has 0 aromatic heterocycles. The molecular weight excluding hydrogens is 677 g/mol. The van der Waals surface area contributed by atoms with Gasteiger partial charge in [-0.05, 0) is 139 Å². The van der Waals surface area contributed by atoms with Gasteiger partial charge in [0.2, 0.25) is 0 Å². The number of para-hydroxylation sites is 3. The van der Waals surface area contributed by atoms with E-state index in [-0.39, 0.29) is 0 Å². The molecule has 7 aromatic rings. The van der Waals surface area contributed by atoms with E-state index < -0.39 is 0 Å². The second-order valence-electron chi connectivity index (χ2n) is 14.0. The highest BCUT2D eigenvalue weighted by Gasteiger charge is 2.16. The number of nitrogens with zero attached hydrogens (tertiary/aromatic N) is 2. The molecule has 7 aromatic carbocycles. The summed E-state index contributed by atoms with van der Waals surface area (Å²) in [5, 5.41) is 2.21. The zero-order valence-electron chi connectivity index (χ0n) is 33.0. The van der Waals surface area contributed by atoms with Crippen molar-refractivity contribution in [3.63, 3.8) is 0 Å². The Morgan fingerprint density at radius 3 is 1.61 bits per heavy atom. The van der Waals surface area contributed by atoms with Gasteiger partial charge in [0.15, 0.2) is 0 Å². The fourth-order valence-corrected chi connectivity index (χ4v) is 6.98. The lowest BCUT2D eigenvalue weighted by Crippen LogP contribution is -2.27. The summed E-state index contributed by atoms with van der Waals surface area (Å²) < 4.78 is 0. The average Bonchev–Trinajstić information content (AvgIpc) is 3.22. The van der Waals surface area contributed by atoms with Gasteiger partial charge in [-0.3, -0.25) is 0 Å². The van der Waals surface area contributed by atoms with Crippen molar-refractivity contribution < 1.29 is 0 Å². The summed E-state index contributed by atoms with van der Waals surface area (Å²) in [5.41, 5.74) is 15.2. The fraction of sp³-hybridized carbons (Fsp3) is 0.0741. The predicted octanol–water partition coefficient (Wildman–Crippen LogP) is 13.1. The maximum atomic E-state index is 4.43. The molecule has 0 saturated carbocycles. The molecule has 0 aliphatic carbocycles. The first-order valence-corrected chi connectivity index (χ1v) is 19.0. The van der Waals surface area contributed by atoms with Gasteiger partial charge in [0.1, 0.15) is 0 Å². The van der Waals surface area contributed by atoms with E-state index in [9.17, 15) is 0 Å². The van der Waals surface area contributed by atoms with Crippen molar-refractivity contribution in [1.82, 2.24) is 0 Å². The Morgan fingerprint density at radius 1 is 0.482 bits per heavy atom. The Morgan fingerprint density at radius 2 is 1.02 bits per heavy atom. The molecule has 276 valence electrons. The number of aryl methyl sites for hydroxylation is 4. The largest absolute Gasteiger partial charge is 0.311 e. The molecule has 0 amide bonds. The molecule has 0 fully saturated rings. The lowest BCUT2D eigenvalue weighted by Gasteiger charge is -2.26. The normalized spacial score (nSPS) is 11.5. The monoisotopic (exact) mass is 726 g/mol. The highest BCUT2D eigenvalue weighted by atomic mass is 15.1. The second-order valence-corrected chi connectivity index (χ2v) is 14.0. The van der Waals surface area contributed by atoms with Gasteiger partial charge in [-0.25, -0.2) is 0 Å². The maximum absolute atomic E-state index is 4.43. The van der Waals surface area contributed by atoms with Crippen LogP contribution in [0.2, 0.25) is 0 Å². The van der Waals surface area contributed by atoms with Gasteiger partial charge in [-0.1, -0.05) is 152 Å². The number of benzene rings is 7. The minimum Gasteiger partial charge on any atom is -0.311 e. The SMILES string of the molecule is C=C/C=C(\C=C)N(c1ccccc1)c1cccc(C)c1.C=c1cc(C)cc/c1=C(\c1cccc(N(c2ccccc2)c2ccccc2)c1)c1cc(C)ccc1C. The van der Waals surface area contributed by atoms with Gasteiger partial charge in [0, 0.05) is 34.1 Å². The fourth-order valence-electron chi connectivity index (χ4n) is 6.98. The molecule has 0 heterocycles. The molecule has 0 N–H and O–H groups in total. The summed E-state index contributed by atoms with van der Waals surface area (Å²) in [5.74, 6) is 0. The lowest BCUT2D eigenvalue weighted by atomic mass is 9.90. The van der Waals surface area contributed by atoms with Crippen molar-refractivity contribution in [2.24, 2.45) is 0 Å². The smallest absolute Gasteiger partial charge is 0.0467 e. The van der Waals surface area contributed by atoms with E-state index in [4.69, 9.17) is 0 Å². The van der Waals surface area contributed by atoms with Crippen LogP contribution in [0.1, 0.15) is 33.4 Å². The van der Waals surface area contributed by atoms with E-state index in [0.717, 1.165) is 44.6 Å². The van der Waals surface area contributed by atoms with E-state index in [1.54, 1.807) is 6.08 Å². The van der Waals surface area contributed by atoms with Crippen LogP contribution in [0.5, 0.6) is 0 Å². The van der Waals surface area contributed by atoms with Crippen LogP contribution in [0, 0.1) is 27.7 Å². The summed E-state index contributed by atoms with van der Waals surface area (Å²) in [7, 11) is 0. The third-order valence-electron chi connectivity index (χ3n) is 9.64. The van der Waals surface area contributed by atoms with Crippen molar-refractivity contribution in [2.75, 3.05) is 9.80 Å². The van der Waals surface area contributed by atoms with Crippen molar-refractivity contribution in [3.05, 3.63) is 257 Å². The van der Waals surface area contributed by atoms with Gasteiger partial charge in [0.25, 0.3) is 0 Å². The summed E-state index contributed by atoms with van der Waals surface area (Å²) in [6.07, 6.45) is 5.59. The summed E-state index contributed by atoms with van der Waals surface area (Å²) in [6.45, 7) is 20.7. The first-order chi connectivity index (χ1) is 27.3. The maximum Gasteiger partial charge on any atom is 0.0467 e. The van der Waals surface area contributed by atoms with E-state index in [1.165, 1.54) is 39.0 Å². The number of allylic oxidation sites excluding steroid dienone is 3. The molecule has 0 unspecified atom stereocenters. The van der Waals surface area contributed by atoms with Crippen LogP contribution in [0.4, 0.5) is 28.4 Å². The molecular formula is C54H50N2. The second kappa shape index (κ2) is 18.4. The van der Waals surface area contributed by atoms with Crippen molar-refractivity contribution in [3.8, 4) is 0 Å². The van der Waals surface area contributed by atoms with Gasteiger partial charge >= 0.3 is 0 Å². The molecule has 0 aliphatic heterocycles. The van der Waals surface area contributed by atoms with Crippen LogP contribution >= 0.6 is 0 Å². The lowest BCUT2D eigenvalue weighted by molar-refractivity contribution is 1.20. The van der Waals surface area contributed by atoms with Crippen LogP contribution in [-0.4, -0.2) is 0 Å². The van der Waals surface area contributed by atoms with E-state index in [1.807, 2.05) is 30.4 Å². The molecule has 0 radical (unpaired) electrons. The van der Waals surface area contributed by atoms with Crippen LogP contribution < -0.4 is 20.2 Å². The Labute approximate surface area is 333 Å². The molecule has 2 heteroatoms. The van der Waals surface area contributed by atoms with E-state index in [2.05, 4.69) is 215 Å². The first kappa shape index (κ1) is 38.8. The predicted molar refractivity (Wildman–Crippen MR) is 243 cm³/mol. The Bertz CT molecular complexity index is 2530. The average molecular weight is 727 g/mol. The van der Waals surface area contributed by atoms with Crippen molar-refractivity contribution in [2.45, 2.75) is 27.7 Å². The van der Waals surface area contributed by atoms with Gasteiger partial charge in [-0.15, -0.1) is 0 Å². The highest BCUT2D eigenvalue weighted by molar-refractivity contribution is 5.85.